The molecular formula is C22H26N4O2. The number of carbonyl (C=O) groups excluding carboxylic acids is 1. The molecule has 0 unspecified atom stereocenters. The summed E-state index contributed by atoms with van der Waals surface area (Å²) >= 11 is 0. The molecule has 0 bridgehead atoms. The van der Waals surface area contributed by atoms with Gasteiger partial charge in [0.2, 0.25) is 0 Å². The molecule has 0 aliphatic heterocycles. The number of pyridine rings is 1. The molecule has 0 atom stereocenters. The van der Waals surface area contributed by atoms with E-state index in [1.165, 1.54) is 0 Å². The Balaban J connectivity index is 1.81. The zero-order chi connectivity index (χ0) is 20.3. The molecule has 3 aromatic rings. The van der Waals surface area contributed by atoms with Gasteiger partial charge in [-0.25, -0.2) is 4.98 Å². The molecule has 0 spiro atoms. The lowest BCUT2D eigenvalue weighted by molar-refractivity contribution is -0.118. The number of amides is 1. The van der Waals surface area contributed by atoms with Gasteiger partial charge in [-0.15, -0.1) is 0 Å². The van der Waals surface area contributed by atoms with Crippen LogP contribution in [0.3, 0.4) is 0 Å². The van der Waals surface area contributed by atoms with Crippen molar-refractivity contribution in [2.45, 2.75) is 40.0 Å². The first-order valence-electron chi connectivity index (χ1n) is 9.26. The molecule has 6 nitrogen and oxygen atoms in total. The molecular weight excluding hydrogens is 352 g/mol. The van der Waals surface area contributed by atoms with Gasteiger partial charge >= 0.3 is 0 Å². The number of hydrogen-bond acceptors (Lipinski definition) is 4. The Morgan fingerprint density at radius 3 is 2.43 bits per heavy atom. The molecule has 0 aliphatic rings. The summed E-state index contributed by atoms with van der Waals surface area (Å²) in [6.07, 6.45) is 1.70. The quantitative estimate of drug-likeness (QED) is 0.722. The van der Waals surface area contributed by atoms with E-state index >= 15 is 0 Å². The number of anilines is 1. The zero-order valence-electron chi connectivity index (χ0n) is 17.0. The minimum absolute atomic E-state index is 0.0794. The van der Waals surface area contributed by atoms with Gasteiger partial charge in [-0.3, -0.25) is 4.79 Å². The van der Waals surface area contributed by atoms with Crippen molar-refractivity contribution in [2.24, 2.45) is 0 Å². The van der Waals surface area contributed by atoms with E-state index < -0.39 is 0 Å². The van der Waals surface area contributed by atoms with Gasteiger partial charge in [0.15, 0.2) is 12.4 Å². The average molecular weight is 378 g/mol. The van der Waals surface area contributed by atoms with Gasteiger partial charge in [-0.1, -0.05) is 45.0 Å². The number of para-hydroxylation sites is 1. The standard InChI is InChI=1S/C22H26N4O2/c1-15-9-8-10-16(2)21(15)28-14-20(27)24-19-13-17(22(3,4)5)25-26(19)18-11-6-7-12-23-18/h6-13H,14H2,1-5H3,(H,24,27). The predicted molar refractivity (Wildman–Crippen MR) is 110 cm³/mol. The third-order valence-electron chi connectivity index (χ3n) is 4.37. The van der Waals surface area contributed by atoms with Gasteiger partial charge in [0.05, 0.1) is 5.69 Å². The van der Waals surface area contributed by atoms with Crippen LogP contribution in [0.5, 0.6) is 5.75 Å². The van der Waals surface area contributed by atoms with E-state index in [-0.39, 0.29) is 17.9 Å². The molecule has 2 aromatic heterocycles. The van der Waals surface area contributed by atoms with Crippen molar-refractivity contribution in [3.8, 4) is 11.6 Å². The largest absolute Gasteiger partial charge is 0.483 e. The van der Waals surface area contributed by atoms with Crippen molar-refractivity contribution in [2.75, 3.05) is 11.9 Å². The van der Waals surface area contributed by atoms with Crippen molar-refractivity contribution in [1.82, 2.24) is 14.8 Å². The summed E-state index contributed by atoms with van der Waals surface area (Å²) in [6, 6.07) is 13.4. The molecule has 0 saturated heterocycles. The SMILES string of the molecule is Cc1cccc(C)c1OCC(=O)Nc1cc(C(C)(C)C)nn1-c1ccccn1. The van der Waals surface area contributed by atoms with Crippen LogP contribution >= 0.6 is 0 Å². The summed E-state index contributed by atoms with van der Waals surface area (Å²) in [5.74, 6) is 1.70. The number of rotatable bonds is 5. The molecule has 3 rings (SSSR count). The first-order valence-corrected chi connectivity index (χ1v) is 9.26. The van der Waals surface area contributed by atoms with Crippen molar-refractivity contribution in [3.05, 3.63) is 65.5 Å². The maximum absolute atomic E-state index is 12.6. The highest BCUT2D eigenvalue weighted by Crippen LogP contribution is 2.26. The van der Waals surface area contributed by atoms with Crippen LogP contribution in [-0.4, -0.2) is 27.3 Å². The maximum Gasteiger partial charge on any atom is 0.263 e. The third kappa shape index (κ3) is 4.39. The van der Waals surface area contributed by atoms with Gasteiger partial charge < -0.3 is 10.1 Å². The third-order valence-corrected chi connectivity index (χ3v) is 4.37. The normalized spacial score (nSPS) is 11.3. The lowest BCUT2D eigenvalue weighted by Gasteiger charge is -2.13. The Morgan fingerprint density at radius 1 is 1.11 bits per heavy atom. The van der Waals surface area contributed by atoms with Crippen LogP contribution in [0, 0.1) is 13.8 Å². The number of aromatic nitrogens is 3. The Labute approximate surface area is 165 Å². The molecule has 1 amide bonds. The Bertz CT molecular complexity index is 952. The molecule has 2 heterocycles. The fourth-order valence-corrected chi connectivity index (χ4v) is 2.83. The first-order chi connectivity index (χ1) is 13.3. The molecule has 0 aliphatic carbocycles. The van der Waals surface area contributed by atoms with Gasteiger partial charge in [-0.05, 0) is 37.1 Å². The summed E-state index contributed by atoms with van der Waals surface area (Å²) < 4.78 is 7.41. The van der Waals surface area contributed by atoms with Crippen LogP contribution in [0.25, 0.3) is 5.82 Å². The molecule has 0 saturated carbocycles. The second kappa shape index (κ2) is 7.84. The Morgan fingerprint density at radius 2 is 1.82 bits per heavy atom. The summed E-state index contributed by atoms with van der Waals surface area (Å²) in [7, 11) is 0. The number of nitrogens with zero attached hydrogens (tertiary/aromatic N) is 3. The highest BCUT2D eigenvalue weighted by atomic mass is 16.5. The van der Waals surface area contributed by atoms with Gasteiger partial charge in [0, 0.05) is 17.7 Å². The number of ether oxygens (including phenoxy) is 1. The second-order valence-electron chi connectivity index (χ2n) is 7.82. The van der Waals surface area contributed by atoms with Crippen LogP contribution in [0.2, 0.25) is 0 Å². The zero-order valence-corrected chi connectivity index (χ0v) is 17.0. The molecule has 0 radical (unpaired) electrons. The van der Waals surface area contributed by atoms with Crippen molar-refractivity contribution >= 4 is 11.7 Å². The van der Waals surface area contributed by atoms with E-state index in [2.05, 4.69) is 36.2 Å². The Kier molecular flexibility index (Phi) is 5.49. The van der Waals surface area contributed by atoms with Gasteiger partial charge in [-0.2, -0.15) is 9.78 Å². The van der Waals surface area contributed by atoms with E-state index in [9.17, 15) is 4.79 Å². The highest BCUT2D eigenvalue weighted by molar-refractivity contribution is 5.91. The van der Waals surface area contributed by atoms with Crippen LogP contribution < -0.4 is 10.1 Å². The van der Waals surface area contributed by atoms with Gasteiger partial charge in [0.25, 0.3) is 5.91 Å². The van der Waals surface area contributed by atoms with E-state index in [0.29, 0.717) is 11.6 Å². The molecule has 1 N–H and O–H groups in total. The lowest BCUT2D eigenvalue weighted by atomic mass is 9.92. The number of carbonyl (C=O) groups is 1. The Hall–Kier alpha value is -3.15. The summed E-state index contributed by atoms with van der Waals surface area (Å²) in [5.41, 5.74) is 2.71. The smallest absolute Gasteiger partial charge is 0.263 e. The average Bonchev–Trinajstić information content (AvgIpc) is 3.06. The van der Waals surface area contributed by atoms with Crippen LogP contribution in [0.4, 0.5) is 5.82 Å². The van der Waals surface area contributed by atoms with Crippen LogP contribution in [0.1, 0.15) is 37.6 Å². The van der Waals surface area contributed by atoms with E-state index in [1.54, 1.807) is 10.9 Å². The van der Waals surface area contributed by atoms with Crippen LogP contribution in [0.15, 0.2) is 48.7 Å². The number of hydrogen-bond donors (Lipinski definition) is 1. The summed E-state index contributed by atoms with van der Waals surface area (Å²) in [4.78, 5) is 16.9. The lowest BCUT2D eigenvalue weighted by Crippen LogP contribution is -2.22. The second-order valence-corrected chi connectivity index (χ2v) is 7.82. The van der Waals surface area contributed by atoms with E-state index in [4.69, 9.17) is 4.74 Å². The fraction of sp³-hybridized carbons (Fsp3) is 0.318. The fourth-order valence-electron chi connectivity index (χ4n) is 2.83. The van der Waals surface area contributed by atoms with Crippen molar-refractivity contribution < 1.29 is 9.53 Å². The first kappa shape index (κ1) is 19.6. The monoisotopic (exact) mass is 378 g/mol. The minimum atomic E-state index is -0.250. The van der Waals surface area contributed by atoms with E-state index in [1.807, 2.05) is 56.3 Å². The number of aryl methyl sites for hydroxylation is 2. The van der Waals surface area contributed by atoms with Crippen LogP contribution in [-0.2, 0) is 10.2 Å². The molecule has 146 valence electrons. The highest BCUT2D eigenvalue weighted by Gasteiger charge is 2.22. The molecule has 28 heavy (non-hydrogen) atoms. The molecule has 1 aromatic carbocycles. The number of nitrogens with one attached hydrogen (secondary N) is 1. The maximum atomic E-state index is 12.6. The minimum Gasteiger partial charge on any atom is -0.483 e. The topological polar surface area (TPSA) is 69.0 Å². The summed E-state index contributed by atoms with van der Waals surface area (Å²) in [5, 5.41) is 7.56. The predicted octanol–water partition coefficient (Wildman–Crippen LogP) is 4.20. The molecule has 0 fully saturated rings. The van der Waals surface area contributed by atoms with Gasteiger partial charge in [0.1, 0.15) is 11.6 Å². The van der Waals surface area contributed by atoms with E-state index in [0.717, 1.165) is 22.6 Å². The van der Waals surface area contributed by atoms with Crippen molar-refractivity contribution in [1.29, 1.82) is 0 Å². The molecule has 6 heteroatoms. The summed E-state index contributed by atoms with van der Waals surface area (Å²) in [6.45, 7) is 10.1. The number of benzene rings is 1. The van der Waals surface area contributed by atoms with Crippen molar-refractivity contribution in [3.63, 3.8) is 0 Å².